The molecule has 1 unspecified atom stereocenters. The lowest BCUT2D eigenvalue weighted by Gasteiger charge is -2.15. The number of benzene rings is 2. The Labute approximate surface area is 186 Å². The first-order valence-electron chi connectivity index (χ1n) is 10.7. The van der Waals surface area contributed by atoms with E-state index >= 15 is 0 Å². The van der Waals surface area contributed by atoms with E-state index in [-0.39, 0.29) is 32.0 Å². The van der Waals surface area contributed by atoms with E-state index in [2.05, 4.69) is 34.9 Å². The number of fused-ring (bicyclic) bond motifs is 3. The van der Waals surface area contributed by atoms with Crippen LogP contribution >= 0.6 is 0 Å². The lowest BCUT2D eigenvalue weighted by molar-refractivity contribution is -0.142. The van der Waals surface area contributed by atoms with Crippen LogP contribution in [-0.4, -0.2) is 54.0 Å². The molecule has 0 saturated heterocycles. The van der Waals surface area contributed by atoms with Crippen molar-refractivity contribution in [2.24, 2.45) is 0 Å². The standard InChI is InChI=1S/C24H28N2O6/c27-14-12-21(23(29)30)26-22(28)11-5-6-13-25-24(31)32-15-20-18-9-3-1-7-16(18)17-8-2-4-10-19(17)20/h1-4,7-10,20-21,27H,5-6,11-15H2,(H,25,31)(H,26,28)(H,29,30). The molecule has 3 rings (SSSR count). The first kappa shape index (κ1) is 23.3. The van der Waals surface area contributed by atoms with Crippen LogP contribution in [0.1, 0.15) is 42.7 Å². The van der Waals surface area contributed by atoms with Crippen LogP contribution in [0.15, 0.2) is 48.5 Å². The molecule has 4 N–H and O–H groups in total. The van der Waals surface area contributed by atoms with E-state index < -0.39 is 24.0 Å². The number of alkyl carbamates (subject to hydrolysis) is 1. The maximum absolute atomic E-state index is 12.1. The van der Waals surface area contributed by atoms with Crippen molar-refractivity contribution in [2.45, 2.75) is 37.6 Å². The molecule has 170 valence electrons. The number of ether oxygens (including phenoxy) is 1. The Bertz CT molecular complexity index is 916. The van der Waals surface area contributed by atoms with Crippen molar-refractivity contribution in [3.8, 4) is 11.1 Å². The maximum Gasteiger partial charge on any atom is 0.407 e. The molecule has 0 spiro atoms. The maximum atomic E-state index is 12.1. The minimum atomic E-state index is -1.18. The Morgan fingerprint density at radius 2 is 1.59 bits per heavy atom. The van der Waals surface area contributed by atoms with Crippen LogP contribution in [0.3, 0.4) is 0 Å². The van der Waals surface area contributed by atoms with Gasteiger partial charge in [0.05, 0.1) is 0 Å². The molecule has 32 heavy (non-hydrogen) atoms. The lowest BCUT2D eigenvalue weighted by atomic mass is 9.98. The minimum Gasteiger partial charge on any atom is -0.480 e. The molecule has 0 heterocycles. The van der Waals surface area contributed by atoms with Gasteiger partial charge in [-0.2, -0.15) is 0 Å². The van der Waals surface area contributed by atoms with Gasteiger partial charge in [-0.05, 0) is 35.1 Å². The number of carbonyl (C=O) groups excluding carboxylic acids is 2. The summed E-state index contributed by atoms with van der Waals surface area (Å²) in [4.78, 5) is 34.9. The molecule has 2 aromatic carbocycles. The van der Waals surface area contributed by atoms with Crippen molar-refractivity contribution in [1.82, 2.24) is 10.6 Å². The molecule has 2 amide bonds. The first-order valence-corrected chi connectivity index (χ1v) is 10.7. The fraction of sp³-hybridized carbons (Fsp3) is 0.375. The first-order chi connectivity index (χ1) is 15.5. The van der Waals surface area contributed by atoms with Crippen LogP contribution in [0.2, 0.25) is 0 Å². The van der Waals surface area contributed by atoms with Gasteiger partial charge in [0.1, 0.15) is 12.6 Å². The molecule has 0 aliphatic heterocycles. The van der Waals surface area contributed by atoms with Crippen molar-refractivity contribution in [3.63, 3.8) is 0 Å². The van der Waals surface area contributed by atoms with Crippen molar-refractivity contribution in [3.05, 3.63) is 59.7 Å². The Morgan fingerprint density at radius 3 is 2.19 bits per heavy atom. The normalized spacial score (nSPS) is 13.0. The average molecular weight is 440 g/mol. The Hall–Kier alpha value is -3.39. The number of nitrogens with one attached hydrogen (secondary N) is 2. The van der Waals surface area contributed by atoms with Gasteiger partial charge in [-0.15, -0.1) is 0 Å². The van der Waals surface area contributed by atoms with Crippen LogP contribution < -0.4 is 10.6 Å². The summed E-state index contributed by atoms with van der Waals surface area (Å²) >= 11 is 0. The molecule has 8 heteroatoms. The van der Waals surface area contributed by atoms with Crippen molar-refractivity contribution in [2.75, 3.05) is 19.8 Å². The largest absolute Gasteiger partial charge is 0.480 e. The molecule has 0 fully saturated rings. The predicted molar refractivity (Wildman–Crippen MR) is 118 cm³/mol. The number of aliphatic carboxylic acids is 1. The number of hydrogen-bond donors (Lipinski definition) is 4. The van der Waals surface area contributed by atoms with E-state index in [0.29, 0.717) is 19.4 Å². The highest BCUT2D eigenvalue weighted by Gasteiger charge is 2.28. The summed E-state index contributed by atoms with van der Waals surface area (Å²) in [6.45, 7) is 0.272. The third-order valence-corrected chi connectivity index (χ3v) is 5.49. The number of carboxylic acid groups (broad SMARTS) is 1. The molecule has 0 saturated carbocycles. The van der Waals surface area contributed by atoms with Gasteiger partial charge in [0.15, 0.2) is 0 Å². The van der Waals surface area contributed by atoms with Gasteiger partial charge >= 0.3 is 12.1 Å². The quantitative estimate of drug-likeness (QED) is 0.398. The Kier molecular flexibility index (Phi) is 8.21. The zero-order valence-electron chi connectivity index (χ0n) is 17.8. The molecular formula is C24H28N2O6. The number of aliphatic hydroxyl groups is 1. The van der Waals surface area contributed by atoms with Crippen LogP contribution in [0.4, 0.5) is 4.79 Å². The Balaban J connectivity index is 1.38. The number of hydrogen-bond acceptors (Lipinski definition) is 5. The molecule has 1 aliphatic rings. The second kappa shape index (κ2) is 11.3. The van der Waals surface area contributed by atoms with E-state index in [0.717, 1.165) is 11.1 Å². The van der Waals surface area contributed by atoms with Gasteiger partial charge in [-0.3, -0.25) is 4.79 Å². The monoisotopic (exact) mass is 440 g/mol. The molecule has 8 nitrogen and oxygen atoms in total. The fourth-order valence-electron chi connectivity index (χ4n) is 3.90. The summed E-state index contributed by atoms with van der Waals surface area (Å²) in [5, 5.41) is 22.9. The van der Waals surface area contributed by atoms with Gasteiger partial charge in [0.2, 0.25) is 5.91 Å². The molecule has 0 aromatic heterocycles. The van der Waals surface area contributed by atoms with Crippen LogP contribution in [0.5, 0.6) is 0 Å². The second-order valence-electron chi connectivity index (χ2n) is 7.68. The molecule has 0 radical (unpaired) electrons. The zero-order valence-corrected chi connectivity index (χ0v) is 17.8. The number of carboxylic acids is 1. The minimum absolute atomic E-state index is 0.00190. The molecule has 2 aromatic rings. The molecular weight excluding hydrogens is 412 g/mol. The van der Waals surface area contributed by atoms with Crippen LogP contribution in [-0.2, 0) is 14.3 Å². The highest BCUT2D eigenvalue weighted by atomic mass is 16.5. The fourth-order valence-corrected chi connectivity index (χ4v) is 3.90. The van der Waals surface area contributed by atoms with E-state index in [4.69, 9.17) is 14.9 Å². The van der Waals surface area contributed by atoms with Crippen LogP contribution in [0, 0.1) is 0 Å². The number of carbonyl (C=O) groups is 3. The van der Waals surface area contributed by atoms with Gasteiger partial charge in [0.25, 0.3) is 0 Å². The lowest BCUT2D eigenvalue weighted by Crippen LogP contribution is -2.41. The SMILES string of the molecule is O=C(CCCCNC(=O)OCC1c2ccccc2-c2ccccc21)NC(CCO)C(=O)O. The summed E-state index contributed by atoms with van der Waals surface area (Å²) in [5.41, 5.74) is 4.63. The summed E-state index contributed by atoms with van der Waals surface area (Å²) in [5.74, 6) is -1.57. The van der Waals surface area contributed by atoms with Crippen molar-refractivity contribution >= 4 is 18.0 Å². The zero-order chi connectivity index (χ0) is 22.9. The predicted octanol–water partition coefficient (Wildman–Crippen LogP) is 2.65. The van der Waals surface area contributed by atoms with E-state index in [9.17, 15) is 14.4 Å². The van der Waals surface area contributed by atoms with Gasteiger partial charge in [-0.25, -0.2) is 9.59 Å². The van der Waals surface area contributed by atoms with Gasteiger partial charge < -0.3 is 25.6 Å². The third kappa shape index (κ3) is 5.85. The number of amides is 2. The summed E-state index contributed by atoms with van der Waals surface area (Å²) < 4.78 is 5.45. The third-order valence-electron chi connectivity index (χ3n) is 5.49. The number of unbranched alkanes of at least 4 members (excludes halogenated alkanes) is 1. The second-order valence-corrected chi connectivity index (χ2v) is 7.68. The topological polar surface area (TPSA) is 125 Å². The summed E-state index contributed by atoms with van der Waals surface area (Å²) in [6, 6.07) is 15.1. The summed E-state index contributed by atoms with van der Waals surface area (Å²) in [7, 11) is 0. The summed E-state index contributed by atoms with van der Waals surface area (Å²) in [6.07, 6.45) is 0.632. The Morgan fingerprint density at radius 1 is 0.969 bits per heavy atom. The molecule has 1 aliphatic carbocycles. The van der Waals surface area contributed by atoms with Gasteiger partial charge in [0, 0.05) is 31.9 Å². The highest BCUT2D eigenvalue weighted by molar-refractivity contribution is 5.83. The molecule has 1 atom stereocenters. The average Bonchev–Trinajstić information content (AvgIpc) is 3.11. The van der Waals surface area contributed by atoms with E-state index in [1.807, 2.05) is 24.3 Å². The highest BCUT2D eigenvalue weighted by Crippen LogP contribution is 2.44. The van der Waals surface area contributed by atoms with Crippen LogP contribution in [0.25, 0.3) is 11.1 Å². The number of rotatable bonds is 11. The van der Waals surface area contributed by atoms with Gasteiger partial charge in [-0.1, -0.05) is 48.5 Å². The molecule has 0 bridgehead atoms. The van der Waals surface area contributed by atoms with E-state index in [1.165, 1.54) is 11.1 Å². The van der Waals surface area contributed by atoms with Crippen molar-refractivity contribution in [1.29, 1.82) is 0 Å². The smallest absolute Gasteiger partial charge is 0.407 e. The number of aliphatic hydroxyl groups excluding tert-OH is 1. The van der Waals surface area contributed by atoms with E-state index in [1.54, 1.807) is 0 Å². The van der Waals surface area contributed by atoms with Crippen molar-refractivity contribution < 1.29 is 29.3 Å².